The Kier molecular flexibility index (Phi) is 7.89. The Morgan fingerprint density at radius 3 is 1.26 bits per heavy atom. The van der Waals surface area contributed by atoms with Gasteiger partial charge >= 0.3 is 7.25 Å². The molecule has 4 aromatic rings. The molecule has 0 atom stereocenters. The van der Waals surface area contributed by atoms with Crippen molar-refractivity contribution in [3.05, 3.63) is 103 Å². The summed E-state index contributed by atoms with van der Waals surface area (Å²) in [6.45, 7) is 4.21. The SMILES string of the molecule is CC(C)(O)C[n+]1c(-c2ccccc2)cc(-c2ccccc2)cc1-c1ccccc1.F[B-](F)(F)F. The monoisotopic (exact) mass is 467 g/mol. The lowest BCUT2D eigenvalue weighted by atomic mass is 9.98. The third-order valence-electron chi connectivity index (χ3n) is 4.96. The molecule has 7 heteroatoms. The quantitative estimate of drug-likeness (QED) is 0.190. The van der Waals surface area contributed by atoms with Crippen molar-refractivity contribution >= 4 is 7.25 Å². The van der Waals surface area contributed by atoms with E-state index in [0.29, 0.717) is 6.54 Å². The first kappa shape index (κ1) is 25.2. The maximum atomic E-state index is 10.7. The second kappa shape index (κ2) is 10.7. The van der Waals surface area contributed by atoms with Crippen LogP contribution in [0.2, 0.25) is 0 Å². The highest BCUT2D eigenvalue weighted by Crippen LogP contribution is 2.29. The van der Waals surface area contributed by atoms with Crippen LogP contribution in [0.3, 0.4) is 0 Å². The molecule has 0 saturated heterocycles. The van der Waals surface area contributed by atoms with Gasteiger partial charge in [-0.1, -0.05) is 66.7 Å². The number of halogens is 4. The van der Waals surface area contributed by atoms with E-state index in [2.05, 4.69) is 89.5 Å². The Bertz CT molecular complexity index is 1130. The topological polar surface area (TPSA) is 24.1 Å². The maximum Gasteiger partial charge on any atom is 0.673 e. The van der Waals surface area contributed by atoms with Gasteiger partial charge in [-0.15, -0.1) is 0 Å². The Morgan fingerprint density at radius 2 is 0.941 bits per heavy atom. The zero-order chi connectivity index (χ0) is 24.8. The van der Waals surface area contributed by atoms with Crippen LogP contribution >= 0.6 is 0 Å². The van der Waals surface area contributed by atoms with Crippen molar-refractivity contribution in [1.29, 1.82) is 0 Å². The Morgan fingerprint density at radius 1 is 0.618 bits per heavy atom. The van der Waals surface area contributed by atoms with Crippen LogP contribution in [-0.4, -0.2) is 18.0 Å². The molecule has 0 radical (unpaired) electrons. The predicted molar refractivity (Wildman–Crippen MR) is 129 cm³/mol. The van der Waals surface area contributed by atoms with Crippen LogP contribution in [0.1, 0.15) is 13.8 Å². The molecule has 34 heavy (non-hydrogen) atoms. The Balaban J connectivity index is 0.000000588. The Hall–Kier alpha value is -3.45. The first-order chi connectivity index (χ1) is 16.0. The van der Waals surface area contributed by atoms with Crippen LogP contribution < -0.4 is 4.57 Å². The molecule has 0 unspecified atom stereocenters. The van der Waals surface area contributed by atoms with Gasteiger partial charge in [0.05, 0.1) is 0 Å². The molecule has 176 valence electrons. The summed E-state index contributed by atoms with van der Waals surface area (Å²) >= 11 is 0. The average molecular weight is 467 g/mol. The van der Waals surface area contributed by atoms with Crippen LogP contribution in [-0.2, 0) is 6.54 Å². The lowest BCUT2D eigenvalue weighted by Crippen LogP contribution is -2.48. The third-order valence-corrected chi connectivity index (χ3v) is 4.96. The van der Waals surface area contributed by atoms with Gasteiger partial charge in [0.2, 0.25) is 11.4 Å². The van der Waals surface area contributed by atoms with Crippen molar-refractivity contribution in [3.8, 4) is 33.6 Å². The van der Waals surface area contributed by atoms with E-state index in [1.54, 1.807) is 0 Å². The summed E-state index contributed by atoms with van der Waals surface area (Å²) in [5.41, 5.74) is 5.94. The van der Waals surface area contributed by atoms with Gasteiger partial charge in [-0.3, -0.25) is 0 Å². The van der Waals surface area contributed by atoms with Gasteiger partial charge < -0.3 is 22.4 Å². The number of pyridine rings is 1. The van der Waals surface area contributed by atoms with Crippen LogP contribution in [0.4, 0.5) is 17.3 Å². The Labute approximate surface area is 197 Å². The van der Waals surface area contributed by atoms with E-state index in [1.165, 1.54) is 5.56 Å². The number of aliphatic hydroxyl groups is 1. The van der Waals surface area contributed by atoms with E-state index in [4.69, 9.17) is 0 Å². The summed E-state index contributed by atoms with van der Waals surface area (Å²) in [7, 11) is -6.00. The normalized spacial score (nSPS) is 11.5. The second-order valence-electron chi connectivity index (χ2n) is 8.51. The summed E-state index contributed by atoms with van der Waals surface area (Å²) in [5.74, 6) is 0. The van der Waals surface area contributed by atoms with Gasteiger partial charge in [0.15, 0.2) is 6.54 Å². The minimum absolute atomic E-state index is 0.497. The molecule has 0 fully saturated rings. The maximum absolute atomic E-state index is 10.7. The first-order valence-corrected chi connectivity index (χ1v) is 10.9. The molecule has 0 aliphatic carbocycles. The van der Waals surface area contributed by atoms with Crippen molar-refractivity contribution in [1.82, 2.24) is 0 Å². The lowest BCUT2D eigenvalue weighted by Gasteiger charge is -2.18. The highest BCUT2D eigenvalue weighted by Gasteiger charge is 2.28. The standard InChI is InChI=1S/C27H26NO.BF4/c1-27(2,29)20-28-25(22-14-8-4-9-15-22)18-24(21-12-6-3-7-13-21)19-26(28)23-16-10-5-11-17-23;2-1(3,4)5/h3-19,29H,20H2,1-2H3;/q+1;-1. The van der Waals surface area contributed by atoms with Crippen LogP contribution in [0.15, 0.2) is 103 Å². The van der Waals surface area contributed by atoms with Gasteiger partial charge in [0.1, 0.15) is 5.60 Å². The van der Waals surface area contributed by atoms with Crippen LogP contribution in [0.25, 0.3) is 33.6 Å². The number of benzene rings is 3. The zero-order valence-electron chi connectivity index (χ0n) is 19.0. The van der Waals surface area contributed by atoms with Gasteiger partial charge in [-0.25, -0.2) is 0 Å². The van der Waals surface area contributed by atoms with E-state index in [1.807, 2.05) is 32.0 Å². The molecule has 0 saturated carbocycles. The average Bonchev–Trinajstić information content (AvgIpc) is 2.79. The molecule has 0 aliphatic rings. The minimum atomic E-state index is -6.00. The highest BCUT2D eigenvalue weighted by molar-refractivity contribution is 6.50. The van der Waals surface area contributed by atoms with E-state index in [0.717, 1.165) is 28.1 Å². The number of aromatic nitrogens is 1. The highest BCUT2D eigenvalue weighted by atomic mass is 19.5. The predicted octanol–water partition coefficient (Wildman–Crippen LogP) is 7.05. The number of hydrogen-bond acceptors (Lipinski definition) is 1. The van der Waals surface area contributed by atoms with Gasteiger partial charge in [0.25, 0.3) is 0 Å². The lowest BCUT2D eigenvalue weighted by molar-refractivity contribution is -0.688. The molecule has 0 bridgehead atoms. The van der Waals surface area contributed by atoms with E-state index >= 15 is 0 Å². The van der Waals surface area contributed by atoms with Crippen molar-refractivity contribution in [2.45, 2.75) is 26.0 Å². The van der Waals surface area contributed by atoms with Gasteiger partial charge in [-0.05, 0) is 49.2 Å². The number of hydrogen-bond donors (Lipinski definition) is 1. The van der Waals surface area contributed by atoms with Gasteiger partial charge in [0, 0.05) is 23.3 Å². The largest absolute Gasteiger partial charge is 0.673 e. The molecular weight excluding hydrogens is 441 g/mol. The zero-order valence-corrected chi connectivity index (χ0v) is 19.0. The minimum Gasteiger partial charge on any atom is -0.418 e. The number of nitrogens with zero attached hydrogens (tertiary/aromatic N) is 1. The number of rotatable bonds is 5. The third kappa shape index (κ3) is 7.56. The van der Waals surface area contributed by atoms with Crippen LogP contribution in [0.5, 0.6) is 0 Å². The molecule has 1 aromatic heterocycles. The van der Waals surface area contributed by atoms with E-state index in [-0.39, 0.29) is 0 Å². The van der Waals surface area contributed by atoms with Crippen molar-refractivity contribution in [2.75, 3.05) is 0 Å². The van der Waals surface area contributed by atoms with E-state index in [9.17, 15) is 22.4 Å². The molecule has 2 nitrogen and oxygen atoms in total. The summed E-state index contributed by atoms with van der Waals surface area (Å²) in [6.07, 6.45) is 0. The fourth-order valence-electron chi connectivity index (χ4n) is 3.67. The first-order valence-electron chi connectivity index (χ1n) is 10.9. The molecule has 0 aliphatic heterocycles. The van der Waals surface area contributed by atoms with Crippen molar-refractivity contribution in [2.24, 2.45) is 0 Å². The molecular formula is C27H26BF4NO. The molecule has 3 aromatic carbocycles. The fourth-order valence-corrected chi connectivity index (χ4v) is 3.67. The smallest absolute Gasteiger partial charge is 0.418 e. The van der Waals surface area contributed by atoms with Crippen molar-refractivity contribution in [3.63, 3.8) is 0 Å². The summed E-state index contributed by atoms with van der Waals surface area (Å²) in [6, 6.07) is 35.7. The van der Waals surface area contributed by atoms with Gasteiger partial charge in [-0.2, -0.15) is 4.57 Å². The summed E-state index contributed by atoms with van der Waals surface area (Å²) in [4.78, 5) is 0. The van der Waals surface area contributed by atoms with Crippen molar-refractivity contribution < 1.29 is 26.9 Å². The molecule has 0 amide bonds. The second-order valence-corrected chi connectivity index (χ2v) is 8.51. The fraction of sp³-hybridized carbons (Fsp3) is 0.148. The summed E-state index contributed by atoms with van der Waals surface area (Å²) < 4.78 is 41.2. The van der Waals surface area contributed by atoms with E-state index < -0.39 is 12.9 Å². The molecule has 1 heterocycles. The molecule has 4 rings (SSSR count). The molecule has 1 N–H and O–H groups in total. The molecule has 0 spiro atoms. The summed E-state index contributed by atoms with van der Waals surface area (Å²) in [5, 5.41) is 10.7. The van der Waals surface area contributed by atoms with Crippen LogP contribution in [0, 0.1) is 0 Å².